The van der Waals surface area contributed by atoms with Crippen LogP contribution in [0.1, 0.15) is 37.7 Å². The lowest BCUT2D eigenvalue weighted by molar-refractivity contribution is 0.111. The molecule has 0 saturated heterocycles. The summed E-state index contributed by atoms with van der Waals surface area (Å²) < 4.78 is 5.40. The summed E-state index contributed by atoms with van der Waals surface area (Å²) in [6, 6.07) is 14.4. The molecule has 0 spiro atoms. The van der Waals surface area contributed by atoms with Crippen LogP contribution in [0.5, 0.6) is 5.88 Å². The SMILES string of the molecule is COc1nc(C2(c3cc4ncc(C=O)cc4cn3)C=CC=C(c3ccccc3Cl)C2Cl)ccc1C=O. The van der Waals surface area contributed by atoms with Crippen molar-refractivity contribution in [3.63, 3.8) is 0 Å². The molecule has 6 nitrogen and oxygen atoms in total. The third-order valence-corrected chi connectivity index (χ3v) is 7.18. The quantitative estimate of drug-likeness (QED) is 0.236. The van der Waals surface area contributed by atoms with Crippen molar-refractivity contribution in [1.82, 2.24) is 15.0 Å². The van der Waals surface area contributed by atoms with Gasteiger partial charge in [0.1, 0.15) is 0 Å². The molecular formula is C28H19Cl2N3O3. The van der Waals surface area contributed by atoms with Crippen LogP contribution in [0.15, 0.2) is 79.2 Å². The van der Waals surface area contributed by atoms with Gasteiger partial charge in [0.2, 0.25) is 5.88 Å². The highest BCUT2D eigenvalue weighted by Crippen LogP contribution is 2.48. The van der Waals surface area contributed by atoms with E-state index in [9.17, 15) is 9.59 Å². The molecule has 2 atom stereocenters. The Hall–Kier alpha value is -3.87. The lowest BCUT2D eigenvalue weighted by atomic mass is 9.70. The average molecular weight is 516 g/mol. The summed E-state index contributed by atoms with van der Waals surface area (Å²) in [6.45, 7) is 0. The van der Waals surface area contributed by atoms with Crippen molar-refractivity contribution in [3.8, 4) is 5.88 Å². The fourth-order valence-corrected chi connectivity index (χ4v) is 5.20. The zero-order valence-electron chi connectivity index (χ0n) is 19.1. The maximum atomic E-state index is 11.5. The van der Waals surface area contributed by atoms with Crippen LogP contribution in [-0.2, 0) is 5.41 Å². The number of aldehydes is 2. The van der Waals surface area contributed by atoms with Crippen molar-refractivity contribution in [2.45, 2.75) is 10.8 Å². The standard InChI is InChI=1S/C28H19Cl2N3O3/c1-36-27-18(16-35)8-9-24(33-27)28(25-12-23-19(14-32-25)11-17(15-34)13-31-23)10-4-6-21(26(28)30)20-5-2-3-7-22(20)29/h2-16,26H,1H3. The van der Waals surface area contributed by atoms with Crippen molar-refractivity contribution < 1.29 is 14.3 Å². The molecule has 2 unspecified atom stereocenters. The highest BCUT2D eigenvalue weighted by atomic mass is 35.5. The number of benzene rings is 1. The number of fused-ring (bicyclic) bond motifs is 1. The minimum Gasteiger partial charge on any atom is -0.480 e. The number of ether oxygens (including phenoxy) is 1. The first-order valence-corrected chi connectivity index (χ1v) is 11.8. The second-order valence-corrected chi connectivity index (χ2v) is 9.10. The van der Waals surface area contributed by atoms with Crippen LogP contribution in [0.2, 0.25) is 5.02 Å². The molecule has 0 amide bonds. The van der Waals surface area contributed by atoms with E-state index in [0.717, 1.165) is 17.4 Å². The van der Waals surface area contributed by atoms with E-state index in [4.69, 9.17) is 32.9 Å². The van der Waals surface area contributed by atoms with E-state index in [0.29, 0.717) is 44.7 Å². The Morgan fingerprint density at radius 1 is 1.00 bits per heavy atom. The molecule has 1 aliphatic rings. The molecule has 8 heteroatoms. The van der Waals surface area contributed by atoms with E-state index in [-0.39, 0.29) is 5.88 Å². The molecule has 0 bridgehead atoms. The summed E-state index contributed by atoms with van der Waals surface area (Å²) in [6.07, 6.45) is 10.4. The molecule has 3 aromatic heterocycles. The van der Waals surface area contributed by atoms with Gasteiger partial charge in [0, 0.05) is 28.4 Å². The number of carbonyl (C=O) groups is 2. The van der Waals surface area contributed by atoms with Gasteiger partial charge in [-0.2, -0.15) is 0 Å². The molecule has 0 N–H and O–H groups in total. The molecular weight excluding hydrogens is 497 g/mol. The number of rotatable bonds is 6. The Balaban J connectivity index is 1.76. The summed E-state index contributed by atoms with van der Waals surface area (Å²) in [4.78, 5) is 36.6. The molecule has 0 radical (unpaired) electrons. The number of alkyl halides is 1. The van der Waals surface area contributed by atoms with Gasteiger partial charge in [-0.25, -0.2) is 4.98 Å². The van der Waals surface area contributed by atoms with E-state index >= 15 is 0 Å². The first-order valence-electron chi connectivity index (χ1n) is 11.0. The predicted octanol–water partition coefficient (Wildman–Crippen LogP) is 5.86. The summed E-state index contributed by atoms with van der Waals surface area (Å²) in [7, 11) is 1.46. The number of hydrogen-bond acceptors (Lipinski definition) is 6. The van der Waals surface area contributed by atoms with Gasteiger partial charge in [0.25, 0.3) is 0 Å². The van der Waals surface area contributed by atoms with Gasteiger partial charge >= 0.3 is 0 Å². The van der Waals surface area contributed by atoms with Gasteiger partial charge < -0.3 is 4.74 Å². The number of nitrogens with zero attached hydrogens (tertiary/aromatic N) is 3. The van der Waals surface area contributed by atoms with E-state index in [1.807, 2.05) is 48.6 Å². The lowest BCUT2D eigenvalue weighted by Gasteiger charge is -2.38. The monoisotopic (exact) mass is 515 g/mol. The fourth-order valence-electron chi connectivity index (χ4n) is 4.47. The van der Waals surface area contributed by atoms with E-state index in [1.54, 1.807) is 24.4 Å². The number of methoxy groups -OCH3 is 1. The van der Waals surface area contributed by atoms with Crippen LogP contribution < -0.4 is 4.74 Å². The topological polar surface area (TPSA) is 82.0 Å². The number of aromatic nitrogens is 3. The maximum absolute atomic E-state index is 11.5. The van der Waals surface area contributed by atoms with E-state index in [1.165, 1.54) is 13.3 Å². The first-order chi connectivity index (χ1) is 17.5. The highest BCUT2D eigenvalue weighted by Gasteiger charge is 2.46. The number of hydrogen-bond donors (Lipinski definition) is 0. The van der Waals surface area contributed by atoms with Crippen LogP contribution in [0, 0.1) is 0 Å². The molecule has 36 heavy (non-hydrogen) atoms. The van der Waals surface area contributed by atoms with Gasteiger partial charge in [0.15, 0.2) is 12.6 Å². The highest BCUT2D eigenvalue weighted by molar-refractivity contribution is 6.34. The largest absolute Gasteiger partial charge is 0.480 e. The minimum absolute atomic E-state index is 0.183. The normalized spacial score (nSPS) is 19.1. The summed E-state index contributed by atoms with van der Waals surface area (Å²) >= 11 is 13.9. The second kappa shape index (κ2) is 9.64. The molecule has 5 rings (SSSR count). The van der Waals surface area contributed by atoms with Crippen molar-refractivity contribution >= 4 is 52.3 Å². The Labute approximate surface area is 217 Å². The van der Waals surface area contributed by atoms with Crippen LogP contribution in [-0.4, -0.2) is 40.0 Å². The molecule has 4 aromatic rings. The number of allylic oxidation sites excluding steroid dienone is 4. The zero-order chi connectivity index (χ0) is 25.3. The van der Waals surface area contributed by atoms with Gasteiger partial charge in [-0.15, -0.1) is 11.6 Å². The smallest absolute Gasteiger partial charge is 0.224 e. The van der Waals surface area contributed by atoms with Gasteiger partial charge in [-0.1, -0.05) is 48.0 Å². The van der Waals surface area contributed by atoms with E-state index in [2.05, 4.69) is 9.97 Å². The van der Waals surface area contributed by atoms with Crippen molar-refractivity contribution in [2.24, 2.45) is 0 Å². The molecule has 0 fully saturated rings. The molecule has 1 aromatic carbocycles. The van der Waals surface area contributed by atoms with Gasteiger partial charge in [-0.3, -0.25) is 19.6 Å². The van der Waals surface area contributed by atoms with Crippen molar-refractivity contribution in [3.05, 3.63) is 112 Å². The second-order valence-electron chi connectivity index (χ2n) is 8.25. The number of carbonyl (C=O) groups excluding carboxylic acids is 2. The summed E-state index contributed by atoms with van der Waals surface area (Å²) in [5.41, 5.74) is 3.07. The average Bonchev–Trinajstić information content (AvgIpc) is 2.92. The first kappa shape index (κ1) is 23.9. The van der Waals surface area contributed by atoms with Crippen LogP contribution in [0.25, 0.3) is 16.5 Å². The Bertz CT molecular complexity index is 1570. The predicted molar refractivity (Wildman–Crippen MR) is 140 cm³/mol. The maximum Gasteiger partial charge on any atom is 0.224 e. The van der Waals surface area contributed by atoms with Crippen molar-refractivity contribution in [1.29, 1.82) is 0 Å². The molecule has 3 heterocycles. The fraction of sp³-hybridized carbons (Fsp3) is 0.107. The molecule has 178 valence electrons. The Kier molecular flexibility index (Phi) is 6.39. The van der Waals surface area contributed by atoms with Gasteiger partial charge in [0.05, 0.1) is 40.4 Å². The van der Waals surface area contributed by atoms with Gasteiger partial charge in [-0.05, 0) is 41.5 Å². The number of pyridine rings is 3. The molecule has 0 aliphatic heterocycles. The Morgan fingerprint density at radius 2 is 1.83 bits per heavy atom. The summed E-state index contributed by atoms with van der Waals surface area (Å²) in [5.74, 6) is 0.183. The van der Waals surface area contributed by atoms with Crippen LogP contribution in [0.4, 0.5) is 0 Å². The summed E-state index contributed by atoms with van der Waals surface area (Å²) in [5, 5.41) is 0.601. The molecule has 0 saturated carbocycles. The van der Waals surface area contributed by atoms with E-state index < -0.39 is 10.8 Å². The zero-order valence-corrected chi connectivity index (χ0v) is 20.6. The number of halogens is 2. The third kappa shape index (κ3) is 3.88. The Morgan fingerprint density at radius 3 is 2.58 bits per heavy atom. The van der Waals surface area contributed by atoms with Crippen LogP contribution in [0.3, 0.4) is 0 Å². The minimum atomic E-state index is -1.06. The van der Waals surface area contributed by atoms with Crippen molar-refractivity contribution in [2.75, 3.05) is 7.11 Å². The molecule has 1 aliphatic carbocycles. The van der Waals surface area contributed by atoms with Crippen LogP contribution >= 0.6 is 23.2 Å². The third-order valence-electron chi connectivity index (χ3n) is 6.27. The lowest BCUT2D eigenvalue weighted by Crippen LogP contribution is -2.39.